The van der Waals surface area contributed by atoms with E-state index in [1.54, 1.807) is 25.3 Å². The molecule has 1 N–H and O–H groups in total. The van der Waals surface area contributed by atoms with E-state index in [0.29, 0.717) is 37.7 Å². The maximum absolute atomic E-state index is 13.2. The predicted molar refractivity (Wildman–Crippen MR) is 112 cm³/mol. The minimum Gasteiger partial charge on any atom is -0.491 e. The Bertz CT molecular complexity index is 1040. The number of methoxy groups -OCH3 is 1. The Morgan fingerprint density at radius 3 is 2.81 bits per heavy atom. The summed E-state index contributed by atoms with van der Waals surface area (Å²) in [4.78, 5) is 20.6. The molecule has 1 aliphatic heterocycles. The van der Waals surface area contributed by atoms with Crippen LogP contribution >= 0.6 is 0 Å². The number of halogens is 1. The Morgan fingerprint density at radius 2 is 2.06 bits per heavy atom. The third kappa shape index (κ3) is 4.97. The Hall–Kier alpha value is -3.52. The quantitative estimate of drug-likeness (QED) is 0.465. The van der Waals surface area contributed by atoms with Crippen LogP contribution in [0.5, 0.6) is 11.6 Å². The maximum Gasteiger partial charge on any atom is 0.253 e. The highest BCUT2D eigenvalue weighted by molar-refractivity contribution is 5.94. The second-order valence-electron chi connectivity index (χ2n) is 7.06. The highest BCUT2D eigenvalue weighted by Gasteiger charge is 2.24. The van der Waals surface area contributed by atoms with Gasteiger partial charge >= 0.3 is 0 Å². The molecular weight excluding hydrogens is 401 g/mol. The minimum absolute atomic E-state index is 0.216. The zero-order chi connectivity index (χ0) is 21.6. The number of benzene rings is 1. The normalized spacial score (nSPS) is 15.0. The Balaban J connectivity index is 1.44. The second-order valence-corrected chi connectivity index (χ2v) is 7.06. The third-order valence-corrected chi connectivity index (χ3v) is 4.93. The van der Waals surface area contributed by atoms with Crippen molar-refractivity contribution in [3.8, 4) is 22.8 Å². The molecule has 0 saturated heterocycles. The van der Waals surface area contributed by atoms with E-state index in [0.717, 1.165) is 22.4 Å². The van der Waals surface area contributed by atoms with Crippen molar-refractivity contribution in [3.05, 3.63) is 71.9 Å². The first kappa shape index (κ1) is 20.7. The van der Waals surface area contributed by atoms with Crippen molar-refractivity contribution in [2.24, 2.45) is 0 Å². The van der Waals surface area contributed by atoms with Crippen LogP contribution in [0.1, 0.15) is 15.9 Å². The number of hydrogen-bond donors (Lipinski definition) is 1. The SMILES string of the molecule is COCCOc1ccc(C(=O)N[C@@H]2COc3cccc(-c4ccc(F)nc4)c3C2)cn1. The van der Waals surface area contributed by atoms with E-state index in [9.17, 15) is 9.18 Å². The topological polar surface area (TPSA) is 82.6 Å². The summed E-state index contributed by atoms with van der Waals surface area (Å²) in [6.45, 7) is 1.21. The van der Waals surface area contributed by atoms with Crippen molar-refractivity contribution < 1.29 is 23.4 Å². The lowest BCUT2D eigenvalue weighted by molar-refractivity contribution is 0.0915. The molecule has 8 heteroatoms. The number of carbonyl (C=O) groups excluding carboxylic acids is 1. The molecule has 0 spiro atoms. The van der Waals surface area contributed by atoms with Crippen LogP contribution in [0, 0.1) is 5.95 Å². The van der Waals surface area contributed by atoms with Crippen LogP contribution in [0.25, 0.3) is 11.1 Å². The zero-order valence-corrected chi connectivity index (χ0v) is 17.0. The predicted octanol–water partition coefficient (Wildman–Crippen LogP) is 3.04. The van der Waals surface area contributed by atoms with Crippen molar-refractivity contribution in [1.82, 2.24) is 15.3 Å². The number of carbonyl (C=O) groups is 1. The van der Waals surface area contributed by atoms with E-state index in [4.69, 9.17) is 14.2 Å². The monoisotopic (exact) mass is 423 g/mol. The van der Waals surface area contributed by atoms with Crippen LogP contribution in [0.3, 0.4) is 0 Å². The van der Waals surface area contributed by atoms with Gasteiger partial charge in [-0.15, -0.1) is 0 Å². The van der Waals surface area contributed by atoms with Gasteiger partial charge < -0.3 is 19.5 Å². The lowest BCUT2D eigenvalue weighted by atomic mass is 9.93. The number of nitrogens with zero attached hydrogens (tertiary/aromatic N) is 2. The van der Waals surface area contributed by atoms with Gasteiger partial charge in [0.25, 0.3) is 5.91 Å². The average Bonchev–Trinajstić information content (AvgIpc) is 2.80. The Labute approximate surface area is 179 Å². The first-order chi connectivity index (χ1) is 15.1. The van der Waals surface area contributed by atoms with Crippen LogP contribution in [0.2, 0.25) is 0 Å². The first-order valence-corrected chi connectivity index (χ1v) is 9.89. The molecule has 1 aromatic carbocycles. The van der Waals surface area contributed by atoms with Gasteiger partial charge in [0.15, 0.2) is 0 Å². The summed E-state index contributed by atoms with van der Waals surface area (Å²) in [7, 11) is 1.59. The van der Waals surface area contributed by atoms with Crippen LogP contribution in [0.4, 0.5) is 4.39 Å². The fourth-order valence-electron chi connectivity index (χ4n) is 3.40. The van der Waals surface area contributed by atoms with Crippen molar-refractivity contribution in [2.45, 2.75) is 12.5 Å². The van der Waals surface area contributed by atoms with Gasteiger partial charge in [-0.25, -0.2) is 9.97 Å². The molecule has 7 nitrogen and oxygen atoms in total. The number of fused-ring (bicyclic) bond motifs is 1. The summed E-state index contributed by atoms with van der Waals surface area (Å²) < 4.78 is 29.4. The molecule has 4 rings (SSSR count). The largest absolute Gasteiger partial charge is 0.491 e. The number of aromatic nitrogens is 2. The van der Waals surface area contributed by atoms with Gasteiger partial charge in [0.05, 0.1) is 18.2 Å². The van der Waals surface area contributed by atoms with Crippen molar-refractivity contribution in [1.29, 1.82) is 0 Å². The molecule has 0 aliphatic carbocycles. The fourth-order valence-corrected chi connectivity index (χ4v) is 3.40. The van der Waals surface area contributed by atoms with Gasteiger partial charge in [0, 0.05) is 43.1 Å². The number of rotatable bonds is 7. The second kappa shape index (κ2) is 9.53. The number of nitrogens with one attached hydrogen (secondary N) is 1. The van der Waals surface area contributed by atoms with E-state index in [2.05, 4.69) is 15.3 Å². The minimum atomic E-state index is -0.529. The van der Waals surface area contributed by atoms with Gasteiger partial charge in [-0.1, -0.05) is 12.1 Å². The van der Waals surface area contributed by atoms with E-state index >= 15 is 0 Å². The molecular formula is C23H22FN3O4. The van der Waals surface area contributed by atoms with Crippen LogP contribution < -0.4 is 14.8 Å². The van der Waals surface area contributed by atoms with Gasteiger partial charge in [-0.3, -0.25) is 4.79 Å². The number of hydrogen-bond acceptors (Lipinski definition) is 6. The molecule has 160 valence electrons. The molecule has 2 aromatic heterocycles. The number of pyridine rings is 2. The Kier molecular flexibility index (Phi) is 6.37. The molecule has 0 fully saturated rings. The summed E-state index contributed by atoms with van der Waals surface area (Å²) in [6.07, 6.45) is 3.56. The van der Waals surface area contributed by atoms with Crippen LogP contribution in [-0.2, 0) is 11.2 Å². The first-order valence-electron chi connectivity index (χ1n) is 9.89. The summed E-state index contributed by atoms with van der Waals surface area (Å²) in [5.41, 5.74) is 3.08. The molecule has 1 aliphatic rings. The summed E-state index contributed by atoms with van der Waals surface area (Å²) >= 11 is 0. The summed E-state index contributed by atoms with van der Waals surface area (Å²) in [5, 5.41) is 3.00. The van der Waals surface area contributed by atoms with Gasteiger partial charge in [0.2, 0.25) is 11.8 Å². The van der Waals surface area contributed by atoms with Crippen molar-refractivity contribution >= 4 is 5.91 Å². The molecule has 0 unspecified atom stereocenters. The molecule has 3 aromatic rings. The van der Waals surface area contributed by atoms with Crippen molar-refractivity contribution in [3.63, 3.8) is 0 Å². The molecule has 0 saturated carbocycles. The lowest BCUT2D eigenvalue weighted by Crippen LogP contribution is -2.42. The van der Waals surface area contributed by atoms with E-state index < -0.39 is 5.95 Å². The molecule has 1 atom stereocenters. The van der Waals surface area contributed by atoms with Crippen LogP contribution in [0.15, 0.2) is 54.9 Å². The zero-order valence-electron chi connectivity index (χ0n) is 17.0. The fraction of sp³-hybridized carbons (Fsp3) is 0.261. The van der Waals surface area contributed by atoms with Crippen LogP contribution in [-0.4, -0.2) is 48.8 Å². The number of ether oxygens (including phenoxy) is 3. The molecule has 0 radical (unpaired) electrons. The molecule has 3 heterocycles. The maximum atomic E-state index is 13.2. The van der Waals surface area contributed by atoms with Crippen molar-refractivity contribution in [2.75, 3.05) is 26.9 Å². The standard InChI is InChI=1S/C23H22FN3O4/c1-29-9-10-30-22-8-6-16(13-26-22)23(28)27-17-11-19-18(3-2-4-20(19)31-14-17)15-5-7-21(24)25-12-15/h2-8,12-13,17H,9-11,14H2,1H3,(H,27,28)/t17-/m0/s1. The van der Waals surface area contributed by atoms with E-state index in [1.807, 2.05) is 18.2 Å². The summed E-state index contributed by atoms with van der Waals surface area (Å²) in [6, 6.07) is 11.8. The molecule has 0 bridgehead atoms. The smallest absolute Gasteiger partial charge is 0.253 e. The number of amides is 1. The van der Waals surface area contributed by atoms with Gasteiger partial charge in [-0.05, 0) is 29.8 Å². The highest BCUT2D eigenvalue weighted by Crippen LogP contribution is 2.34. The van der Waals surface area contributed by atoms with E-state index in [1.165, 1.54) is 18.5 Å². The average molecular weight is 423 g/mol. The Morgan fingerprint density at radius 1 is 1.16 bits per heavy atom. The molecule has 1 amide bonds. The molecule has 31 heavy (non-hydrogen) atoms. The van der Waals surface area contributed by atoms with E-state index in [-0.39, 0.29) is 11.9 Å². The van der Waals surface area contributed by atoms with Gasteiger partial charge in [0.1, 0.15) is 19.0 Å². The lowest BCUT2D eigenvalue weighted by Gasteiger charge is -2.28. The van der Waals surface area contributed by atoms with Gasteiger partial charge in [-0.2, -0.15) is 4.39 Å². The summed E-state index contributed by atoms with van der Waals surface area (Å²) in [5.74, 6) is 0.417. The third-order valence-electron chi connectivity index (χ3n) is 4.93. The highest BCUT2D eigenvalue weighted by atomic mass is 19.1.